The minimum atomic E-state index is -3.35. The van der Waals surface area contributed by atoms with Crippen molar-refractivity contribution >= 4 is 37.3 Å². The van der Waals surface area contributed by atoms with Crippen LogP contribution in [0.5, 0.6) is 0 Å². The molecule has 0 bridgehead atoms. The lowest BCUT2D eigenvalue weighted by atomic mass is 9.95. The maximum Gasteiger partial charge on any atom is 0.253 e. The third-order valence-corrected chi connectivity index (χ3v) is 8.20. The summed E-state index contributed by atoms with van der Waals surface area (Å²) in [5.74, 6) is 0.337. The molecule has 0 radical (unpaired) electrons. The second-order valence-corrected chi connectivity index (χ2v) is 9.15. The molecule has 114 valence electrons. The van der Waals surface area contributed by atoms with Crippen molar-refractivity contribution in [1.82, 2.24) is 9.62 Å². The zero-order chi connectivity index (χ0) is 14.8. The van der Waals surface area contributed by atoms with E-state index >= 15 is 0 Å². The third-order valence-electron chi connectivity index (χ3n) is 3.68. The van der Waals surface area contributed by atoms with Gasteiger partial charge in [-0.25, -0.2) is 8.42 Å². The highest BCUT2D eigenvalue weighted by Crippen LogP contribution is 2.32. The van der Waals surface area contributed by atoms with Gasteiger partial charge in [0.2, 0.25) is 0 Å². The van der Waals surface area contributed by atoms with Crippen molar-refractivity contribution in [3.63, 3.8) is 0 Å². The first-order chi connectivity index (χ1) is 9.46. The van der Waals surface area contributed by atoms with E-state index in [0.717, 1.165) is 19.4 Å². The van der Waals surface area contributed by atoms with Crippen molar-refractivity contribution in [3.8, 4) is 0 Å². The molecule has 1 aromatic heterocycles. The Morgan fingerprint density at radius 2 is 2.30 bits per heavy atom. The smallest absolute Gasteiger partial charge is 0.253 e. The molecule has 1 fully saturated rings. The fourth-order valence-electron chi connectivity index (χ4n) is 2.54. The van der Waals surface area contributed by atoms with Gasteiger partial charge in [0.15, 0.2) is 0 Å². The van der Waals surface area contributed by atoms with Crippen LogP contribution in [0.3, 0.4) is 0 Å². The van der Waals surface area contributed by atoms with Crippen LogP contribution in [0.15, 0.2) is 20.1 Å². The molecule has 0 amide bonds. The summed E-state index contributed by atoms with van der Waals surface area (Å²) in [4.78, 5) is 0. The van der Waals surface area contributed by atoms with Crippen molar-refractivity contribution in [1.29, 1.82) is 0 Å². The van der Waals surface area contributed by atoms with Gasteiger partial charge in [-0.2, -0.15) is 4.31 Å². The number of halogens is 1. The quantitative estimate of drug-likeness (QED) is 0.853. The normalized spacial score (nSPS) is 24.9. The van der Waals surface area contributed by atoms with Crippen molar-refractivity contribution in [2.45, 2.75) is 36.9 Å². The topological polar surface area (TPSA) is 49.4 Å². The van der Waals surface area contributed by atoms with E-state index in [-0.39, 0.29) is 0 Å². The van der Waals surface area contributed by atoms with Crippen molar-refractivity contribution in [2.24, 2.45) is 5.92 Å². The lowest BCUT2D eigenvalue weighted by Crippen LogP contribution is -2.50. The van der Waals surface area contributed by atoms with E-state index in [1.165, 1.54) is 11.3 Å². The standard InChI is InChI=1S/C13H21BrN2O2S2/c1-3-6-15-12-4-7-16(9-10(12)2)20(17,18)13-11(14)5-8-19-13/h5,8,10,12,15H,3-4,6-7,9H2,1-2H3. The Labute approximate surface area is 133 Å². The molecule has 1 saturated heterocycles. The molecule has 1 aliphatic rings. The summed E-state index contributed by atoms with van der Waals surface area (Å²) in [5.41, 5.74) is 0. The number of sulfonamides is 1. The highest BCUT2D eigenvalue weighted by atomic mass is 79.9. The Morgan fingerprint density at radius 1 is 1.55 bits per heavy atom. The first-order valence-corrected chi connectivity index (χ1v) is 10.0. The number of nitrogens with one attached hydrogen (secondary N) is 1. The maximum atomic E-state index is 12.6. The highest BCUT2D eigenvalue weighted by molar-refractivity contribution is 9.10. The second kappa shape index (κ2) is 6.87. The van der Waals surface area contributed by atoms with Crippen LogP contribution in [0.4, 0.5) is 0 Å². The molecular weight excluding hydrogens is 360 g/mol. The molecular formula is C13H21BrN2O2S2. The van der Waals surface area contributed by atoms with Gasteiger partial charge in [-0.3, -0.25) is 0 Å². The van der Waals surface area contributed by atoms with Gasteiger partial charge in [0.05, 0.1) is 0 Å². The van der Waals surface area contributed by atoms with Crippen LogP contribution in [0, 0.1) is 5.92 Å². The SMILES string of the molecule is CCCNC1CCN(S(=O)(=O)c2sccc2Br)CC1C. The molecule has 7 heteroatoms. The average molecular weight is 381 g/mol. The minimum absolute atomic E-state index is 0.337. The average Bonchev–Trinajstić information content (AvgIpc) is 2.84. The van der Waals surface area contributed by atoms with E-state index in [0.29, 0.717) is 33.7 Å². The van der Waals surface area contributed by atoms with Crippen LogP contribution >= 0.6 is 27.3 Å². The van der Waals surface area contributed by atoms with E-state index in [9.17, 15) is 8.42 Å². The molecule has 2 unspecified atom stereocenters. The fraction of sp³-hybridized carbons (Fsp3) is 0.692. The molecule has 2 atom stereocenters. The van der Waals surface area contributed by atoms with Crippen LogP contribution in [-0.2, 0) is 10.0 Å². The van der Waals surface area contributed by atoms with E-state index in [2.05, 4.69) is 35.1 Å². The maximum absolute atomic E-state index is 12.6. The van der Waals surface area contributed by atoms with Gasteiger partial charge in [0.25, 0.3) is 10.0 Å². The van der Waals surface area contributed by atoms with Crippen LogP contribution in [0.25, 0.3) is 0 Å². The first kappa shape index (κ1) is 16.4. The van der Waals surface area contributed by atoms with Gasteiger partial charge in [-0.15, -0.1) is 11.3 Å². The van der Waals surface area contributed by atoms with Crippen LogP contribution < -0.4 is 5.32 Å². The second-order valence-electron chi connectivity index (χ2n) is 5.25. The predicted molar refractivity (Wildman–Crippen MR) is 86.6 cm³/mol. The Hall–Kier alpha value is 0.0500. The van der Waals surface area contributed by atoms with E-state index in [4.69, 9.17) is 0 Å². The summed E-state index contributed by atoms with van der Waals surface area (Å²) in [6.07, 6.45) is 1.98. The van der Waals surface area contributed by atoms with Gasteiger partial charge in [0, 0.05) is 23.6 Å². The number of rotatable bonds is 5. The molecule has 4 nitrogen and oxygen atoms in total. The third kappa shape index (κ3) is 3.44. The predicted octanol–water partition coefficient (Wildman–Crippen LogP) is 2.91. The van der Waals surface area contributed by atoms with Crippen molar-refractivity contribution in [3.05, 3.63) is 15.9 Å². The number of thiophene rings is 1. The lowest BCUT2D eigenvalue weighted by Gasteiger charge is -2.36. The van der Waals surface area contributed by atoms with Crippen LogP contribution in [0.1, 0.15) is 26.7 Å². The minimum Gasteiger partial charge on any atom is -0.314 e. The van der Waals surface area contributed by atoms with Crippen molar-refractivity contribution in [2.75, 3.05) is 19.6 Å². The summed E-state index contributed by atoms with van der Waals surface area (Å²) in [7, 11) is -3.35. The Balaban J connectivity index is 2.07. The molecule has 2 rings (SSSR count). The summed E-state index contributed by atoms with van der Waals surface area (Å²) >= 11 is 4.60. The zero-order valence-corrected chi connectivity index (χ0v) is 15.0. The largest absolute Gasteiger partial charge is 0.314 e. The molecule has 2 heterocycles. The van der Waals surface area contributed by atoms with Gasteiger partial charge < -0.3 is 5.32 Å². The number of nitrogens with zero attached hydrogens (tertiary/aromatic N) is 1. The molecule has 1 N–H and O–H groups in total. The molecule has 1 aromatic rings. The van der Waals surface area contributed by atoms with Gasteiger partial charge in [0.1, 0.15) is 4.21 Å². The van der Waals surface area contributed by atoms with Gasteiger partial charge >= 0.3 is 0 Å². The summed E-state index contributed by atoms with van der Waals surface area (Å²) in [5, 5.41) is 5.31. The van der Waals surface area contributed by atoms with Crippen LogP contribution in [-0.4, -0.2) is 38.4 Å². The molecule has 20 heavy (non-hydrogen) atoms. The summed E-state index contributed by atoms with van der Waals surface area (Å²) in [6, 6.07) is 2.21. The molecule has 0 saturated carbocycles. The fourth-order valence-corrected chi connectivity index (χ4v) is 6.54. The molecule has 0 aromatic carbocycles. The number of hydrogen-bond donors (Lipinski definition) is 1. The lowest BCUT2D eigenvalue weighted by molar-refractivity contribution is 0.221. The molecule has 0 spiro atoms. The summed E-state index contributed by atoms with van der Waals surface area (Å²) in [6.45, 7) is 6.45. The number of piperidine rings is 1. The van der Waals surface area contributed by atoms with E-state index < -0.39 is 10.0 Å². The van der Waals surface area contributed by atoms with Gasteiger partial charge in [-0.1, -0.05) is 13.8 Å². The van der Waals surface area contributed by atoms with E-state index in [1.807, 2.05) is 0 Å². The number of hydrogen-bond acceptors (Lipinski definition) is 4. The van der Waals surface area contributed by atoms with Crippen LogP contribution in [0.2, 0.25) is 0 Å². The zero-order valence-electron chi connectivity index (χ0n) is 11.8. The molecule has 1 aliphatic heterocycles. The van der Waals surface area contributed by atoms with Crippen molar-refractivity contribution < 1.29 is 8.42 Å². The first-order valence-electron chi connectivity index (χ1n) is 6.93. The summed E-state index contributed by atoms with van der Waals surface area (Å²) < 4.78 is 28.0. The van der Waals surface area contributed by atoms with Gasteiger partial charge in [-0.05, 0) is 52.7 Å². The Kier molecular flexibility index (Phi) is 5.64. The monoisotopic (exact) mass is 380 g/mol. The van der Waals surface area contributed by atoms with E-state index in [1.54, 1.807) is 15.8 Å². The Bertz CT molecular complexity index is 544. The molecule has 0 aliphatic carbocycles. The highest BCUT2D eigenvalue weighted by Gasteiger charge is 2.34. The Morgan fingerprint density at radius 3 is 2.85 bits per heavy atom.